The van der Waals surface area contributed by atoms with Crippen molar-refractivity contribution < 1.29 is 53.8 Å². The van der Waals surface area contributed by atoms with Gasteiger partial charge in [-0.3, -0.25) is 19.3 Å². The maximum atomic E-state index is 14.0. The van der Waals surface area contributed by atoms with Crippen LogP contribution < -0.4 is 10.1 Å². The number of phenols is 2. The van der Waals surface area contributed by atoms with Crippen LogP contribution in [-0.2, 0) is 25.4 Å². The highest BCUT2D eigenvalue weighted by Crippen LogP contribution is 2.52. The van der Waals surface area contributed by atoms with E-state index in [0.29, 0.717) is 31.7 Å². The van der Waals surface area contributed by atoms with E-state index in [4.69, 9.17) is 18.9 Å². The van der Waals surface area contributed by atoms with E-state index in [1.165, 1.54) is 46.9 Å². The van der Waals surface area contributed by atoms with Crippen molar-refractivity contribution in [1.29, 1.82) is 0 Å². The maximum absolute atomic E-state index is 14.0. The predicted molar refractivity (Wildman–Crippen MR) is 193 cm³/mol. The second kappa shape index (κ2) is 15.5. The fraction of sp³-hybridized carbons (Fsp3) is 0.459. The molecule has 7 rings (SSSR count). The number of aliphatic hydroxyl groups is 2. The Labute approximate surface area is 313 Å². The zero-order chi connectivity index (χ0) is 37.4. The number of hydrogen-bond donors (Lipinski definition) is 5. The van der Waals surface area contributed by atoms with Crippen LogP contribution in [0.3, 0.4) is 0 Å². The van der Waals surface area contributed by atoms with Crippen LogP contribution in [0, 0.1) is 0 Å². The summed E-state index contributed by atoms with van der Waals surface area (Å²) in [5.74, 6) is -2.80. The molecule has 53 heavy (non-hydrogen) atoms. The summed E-state index contributed by atoms with van der Waals surface area (Å²) in [5.41, 5.74) is -3.19. The van der Waals surface area contributed by atoms with E-state index in [9.17, 15) is 34.8 Å². The van der Waals surface area contributed by atoms with Crippen molar-refractivity contribution in [2.75, 3.05) is 39.2 Å². The highest BCUT2D eigenvalue weighted by Gasteiger charge is 2.50. The summed E-state index contributed by atoms with van der Waals surface area (Å²) < 4.78 is 23.5. The molecule has 3 heterocycles. The van der Waals surface area contributed by atoms with Crippen LogP contribution >= 0.6 is 21.6 Å². The monoisotopic (exact) mass is 767 g/mol. The van der Waals surface area contributed by atoms with E-state index in [2.05, 4.69) is 10.3 Å². The number of carbonyl (C=O) groups excluding carboxylic acids is 3. The Morgan fingerprint density at radius 1 is 1.09 bits per heavy atom. The third kappa shape index (κ3) is 7.26. The van der Waals surface area contributed by atoms with Crippen LogP contribution in [0.4, 0.5) is 0 Å². The molecular weight excluding hydrogens is 727 g/mol. The van der Waals surface area contributed by atoms with E-state index in [1.807, 2.05) is 30.0 Å². The number of aliphatic hydroxyl groups excluding tert-OH is 1. The van der Waals surface area contributed by atoms with E-state index in [1.54, 1.807) is 6.20 Å². The van der Waals surface area contributed by atoms with Crippen LogP contribution in [0.25, 0.3) is 0 Å². The number of aromatic nitrogens is 1. The number of ketones is 2. The van der Waals surface area contributed by atoms with Gasteiger partial charge in [-0.2, -0.15) is 0 Å². The van der Waals surface area contributed by atoms with Gasteiger partial charge in [0.15, 0.2) is 12.1 Å². The van der Waals surface area contributed by atoms with Gasteiger partial charge in [0, 0.05) is 67.0 Å². The number of pyridine rings is 1. The Balaban J connectivity index is 1.21. The lowest BCUT2D eigenvalue weighted by molar-refractivity contribution is -0.243. The number of nitrogens with zero attached hydrogens (tertiary/aromatic N) is 2. The van der Waals surface area contributed by atoms with Gasteiger partial charge in [-0.1, -0.05) is 29.0 Å². The molecule has 0 saturated carbocycles. The molecule has 282 valence electrons. The summed E-state index contributed by atoms with van der Waals surface area (Å²) in [4.78, 5) is 47.9. The molecule has 1 aromatic heterocycles. The second-order valence-corrected chi connectivity index (χ2v) is 16.0. The molecule has 16 heteroatoms. The Hall–Kier alpha value is -3.74. The van der Waals surface area contributed by atoms with Crippen molar-refractivity contribution in [1.82, 2.24) is 15.2 Å². The molecule has 2 aliphatic heterocycles. The van der Waals surface area contributed by atoms with Crippen LogP contribution in [0.5, 0.6) is 17.2 Å². The molecule has 6 atom stereocenters. The van der Waals surface area contributed by atoms with E-state index < -0.39 is 70.7 Å². The molecule has 5 N–H and O–H groups in total. The number of hydrogen-bond acceptors (Lipinski definition) is 15. The highest BCUT2D eigenvalue weighted by molar-refractivity contribution is 8.76. The minimum absolute atomic E-state index is 0.0184. The molecule has 2 saturated heterocycles. The Morgan fingerprint density at radius 3 is 2.66 bits per heavy atom. The topological polar surface area (TPSA) is 197 Å². The number of fused-ring (bicyclic) bond motifs is 3. The standard InChI is InChI=1S/C37H41N3O11S2/c1-19-14-20(40-11-12-49-18-26(40)41)15-27(50-19)51-24-17-37(47,36(46)39-10-13-52-53-25-8-3-4-9-38-25)16-22-29(24)35(45)31-30(33(22)43)32(42)21-6-5-7-23(48-2)28(21)34(31)44/h3-9,19-20,24,26-27,41,43,45,47H,10-18H2,1-2H3,(H,39,46)/t19-,20?,24-,26+,27-,37-/m0/s1. The van der Waals surface area contributed by atoms with E-state index in [0.717, 1.165) is 5.03 Å². The number of aromatic hydroxyl groups is 2. The molecule has 1 amide bonds. The van der Waals surface area contributed by atoms with Gasteiger partial charge in [0.25, 0.3) is 5.91 Å². The van der Waals surface area contributed by atoms with Crippen molar-refractivity contribution in [3.63, 3.8) is 0 Å². The minimum Gasteiger partial charge on any atom is -0.507 e. The van der Waals surface area contributed by atoms with Gasteiger partial charge in [0.1, 0.15) is 34.1 Å². The highest BCUT2D eigenvalue weighted by atomic mass is 33.1. The molecule has 14 nitrogen and oxygen atoms in total. The lowest BCUT2D eigenvalue weighted by Crippen LogP contribution is -2.55. The van der Waals surface area contributed by atoms with Gasteiger partial charge in [0.2, 0.25) is 5.78 Å². The third-order valence-electron chi connectivity index (χ3n) is 10.1. The summed E-state index contributed by atoms with van der Waals surface area (Å²) in [6.07, 6.45) is -1.60. The summed E-state index contributed by atoms with van der Waals surface area (Å²) in [7, 11) is 4.27. The average molecular weight is 768 g/mol. The fourth-order valence-electron chi connectivity index (χ4n) is 7.72. The first kappa shape index (κ1) is 37.6. The lowest BCUT2D eigenvalue weighted by atomic mass is 9.72. The maximum Gasteiger partial charge on any atom is 0.252 e. The molecule has 0 radical (unpaired) electrons. The van der Waals surface area contributed by atoms with E-state index >= 15 is 0 Å². The summed E-state index contributed by atoms with van der Waals surface area (Å²) in [6, 6.07) is 9.89. The number of carbonyl (C=O) groups is 3. The van der Waals surface area contributed by atoms with Crippen LogP contribution in [0.15, 0.2) is 47.6 Å². The molecule has 1 unspecified atom stereocenters. The average Bonchev–Trinajstić information content (AvgIpc) is 3.14. The SMILES string of the molecule is COc1cccc2c1C(=O)c1c(O)c3c(c(O)c1C2=O)C[C@@](O)(C(=O)NCCSSc1ccccn1)C[C@@H]3O[C@H]1CC(N2CCOC[C@H]2O)C[C@H](C)O1. The molecule has 2 fully saturated rings. The van der Waals surface area contributed by atoms with Crippen LogP contribution in [0.2, 0.25) is 0 Å². The van der Waals surface area contributed by atoms with Crippen molar-refractivity contribution in [2.24, 2.45) is 0 Å². The zero-order valence-corrected chi connectivity index (χ0v) is 30.8. The first-order valence-corrected chi connectivity index (χ1v) is 19.7. The molecule has 4 aliphatic rings. The third-order valence-corrected chi connectivity index (χ3v) is 12.4. The number of methoxy groups -OCH3 is 1. The van der Waals surface area contributed by atoms with Crippen molar-refractivity contribution >= 4 is 39.1 Å². The second-order valence-electron chi connectivity index (χ2n) is 13.5. The summed E-state index contributed by atoms with van der Waals surface area (Å²) in [5, 5.41) is 50.1. The Bertz CT molecular complexity index is 1900. The largest absolute Gasteiger partial charge is 0.507 e. The van der Waals surface area contributed by atoms with Crippen LogP contribution in [-0.4, -0.2) is 117 Å². The quantitative estimate of drug-likeness (QED) is 0.0896. The van der Waals surface area contributed by atoms with Gasteiger partial charge < -0.3 is 44.7 Å². The number of rotatable bonds is 10. The van der Waals surface area contributed by atoms with Crippen molar-refractivity contribution in [3.8, 4) is 17.2 Å². The number of morpholine rings is 1. The van der Waals surface area contributed by atoms with Crippen LogP contribution in [0.1, 0.15) is 75.3 Å². The Kier molecular flexibility index (Phi) is 11.0. The van der Waals surface area contributed by atoms with Gasteiger partial charge in [0.05, 0.1) is 49.2 Å². The first-order chi connectivity index (χ1) is 25.5. The molecule has 2 aromatic carbocycles. The van der Waals surface area contributed by atoms with E-state index in [-0.39, 0.29) is 59.7 Å². The van der Waals surface area contributed by atoms with Gasteiger partial charge in [-0.15, -0.1) is 0 Å². The molecule has 2 aliphatic carbocycles. The Morgan fingerprint density at radius 2 is 1.91 bits per heavy atom. The molecule has 0 bridgehead atoms. The van der Waals surface area contributed by atoms with Crippen molar-refractivity contribution in [2.45, 2.75) is 74.0 Å². The van der Waals surface area contributed by atoms with Gasteiger partial charge in [-0.25, -0.2) is 4.98 Å². The number of benzene rings is 2. The predicted octanol–water partition coefficient (Wildman–Crippen LogP) is 3.11. The smallest absolute Gasteiger partial charge is 0.252 e. The lowest BCUT2D eigenvalue weighted by Gasteiger charge is -2.45. The number of ether oxygens (including phenoxy) is 4. The summed E-state index contributed by atoms with van der Waals surface area (Å²) >= 11 is 0. The number of phenolic OH excluding ortho intramolecular Hbond substituents is 2. The molecular formula is C37H41N3O11S2. The first-order valence-electron chi connectivity index (χ1n) is 17.4. The summed E-state index contributed by atoms with van der Waals surface area (Å²) in [6.45, 7) is 3.18. The molecule has 3 aromatic rings. The zero-order valence-electron chi connectivity index (χ0n) is 29.1. The van der Waals surface area contributed by atoms with Gasteiger partial charge >= 0.3 is 0 Å². The number of nitrogens with one attached hydrogen (secondary N) is 1. The fourth-order valence-corrected chi connectivity index (χ4v) is 9.51. The van der Waals surface area contributed by atoms with Gasteiger partial charge in [-0.05, 0) is 42.3 Å². The minimum atomic E-state index is -2.16. The normalized spacial score (nSPS) is 27.1. The molecule has 0 spiro atoms. The number of amides is 1. The van der Waals surface area contributed by atoms with Crippen molar-refractivity contribution in [3.05, 3.63) is 76.0 Å².